The summed E-state index contributed by atoms with van der Waals surface area (Å²) in [5, 5.41) is 11.3. The molecule has 0 radical (unpaired) electrons. The third-order valence-corrected chi connectivity index (χ3v) is 4.14. The van der Waals surface area contributed by atoms with Crippen LogP contribution in [0, 0.1) is 0 Å². The molecule has 0 fully saturated rings. The van der Waals surface area contributed by atoms with Crippen LogP contribution in [0.3, 0.4) is 0 Å². The number of nitrogens with zero attached hydrogens (tertiary/aromatic N) is 4. The summed E-state index contributed by atoms with van der Waals surface area (Å²) in [6.07, 6.45) is 3.37. The van der Waals surface area contributed by atoms with Crippen molar-refractivity contribution in [3.05, 3.63) is 96.4 Å². The number of carbonyl (C=O) groups excluding carboxylic acids is 1. The number of rotatable bonds is 5. The number of hydrogen-bond acceptors (Lipinski definition) is 4. The molecule has 1 amide bonds. The molecule has 0 aliphatic heterocycles. The molecule has 0 bridgehead atoms. The van der Waals surface area contributed by atoms with E-state index in [0.717, 1.165) is 16.8 Å². The first-order chi connectivity index (χ1) is 13.3. The van der Waals surface area contributed by atoms with Crippen LogP contribution in [0.15, 0.2) is 85.2 Å². The number of hydrogen-bond donors (Lipinski definition) is 1. The fraction of sp³-hybridized carbons (Fsp3) is 0.0476. The number of pyridine rings is 1. The van der Waals surface area contributed by atoms with Crippen molar-refractivity contribution in [3.63, 3.8) is 0 Å². The highest BCUT2D eigenvalue weighted by atomic mass is 16.2. The Kier molecular flexibility index (Phi) is 4.70. The van der Waals surface area contributed by atoms with Crippen molar-refractivity contribution in [2.75, 3.05) is 0 Å². The van der Waals surface area contributed by atoms with Crippen molar-refractivity contribution in [3.8, 4) is 16.9 Å². The molecule has 1 N–H and O–H groups in total. The van der Waals surface area contributed by atoms with Gasteiger partial charge in [-0.15, -0.1) is 5.10 Å². The van der Waals surface area contributed by atoms with Gasteiger partial charge in [0.15, 0.2) is 5.69 Å². The highest BCUT2D eigenvalue weighted by Gasteiger charge is 2.21. The van der Waals surface area contributed by atoms with E-state index in [4.69, 9.17) is 0 Å². The smallest absolute Gasteiger partial charge is 0.274 e. The van der Waals surface area contributed by atoms with Crippen LogP contribution in [0.2, 0.25) is 0 Å². The van der Waals surface area contributed by atoms with Crippen molar-refractivity contribution >= 4 is 5.91 Å². The highest BCUT2D eigenvalue weighted by molar-refractivity contribution is 5.98. The fourth-order valence-electron chi connectivity index (χ4n) is 2.82. The quantitative estimate of drug-likeness (QED) is 0.596. The molecule has 6 nitrogen and oxygen atoms in total. The van der Waals surface area contributed by atoms with Gasteiger partial charge in [0.2, 0.25) is 0 Å². The molecule has 132 valence electrons. The number of benzene rings is 2. The van der Waals surface area contributed by atoms with Crippen molar-refractivity contribution in [1.29, 1.82) is 0 Å². The van der Waals surface area contributed by atoms with Crippen LogP contribution in [0.4, 0.5) is 0 Å². The lowest BCUT2D eigenvalue weighted by Gasteiger charge is -2.09. The minimum atomic E-state index is -0.271. The second kappa shape index (κ2) is 7.61. The van der Waals surface area contributed by atoms with Crippen LogP contribution in [0.5, 0.6) is 0 Å². The van der Waals surface area contributed by atoms with Gasteiger partial charge >= 0.3 is 0 Å². The Bertz CT molecular complexity index is 1030. The van der Waals surface area contributed by atoms with Crippen LogP contribution in [0.1, 0.15) is 16.1 Å². The Balaban J connectivity index is 1.70. The zero-order valence-corrected chi connectivity index (χ0v) is 14.5. The first-order valence-corrected chi connectivity index (χ1v) is 8.56. The molecule has 2 aromatic heterocycles. The number of nitrogens with one attached hydrogen (secondary N) is 1. The maximum absolute atomic E-state index is 12.8. The molecule has 0 atom stereocenters. The lowest BCUT2D eigenvalue weighted by atomic mass is 10.1. The first-order valence-electron chi connectivity index (χ1n) is 8.56. The zero-order chi connectivity index (χ0) is 18.5. The molecule has 2 aromatic carbocycles. The Morgan fingerprint density at radius 1 is 0.889 bits per heavy atom. The van der Waals surface area contributed by atoms with Gasteiger partial charge in [-0.2, -0.15) is 0 Å². The largest absolute Gasteiger partial charge is 0.346 e. The van der Waals surface area contributed by atoms with Crippen molar-refractivity contribution < 1.29 is 4.79 Å². The standard InChI is InChI=1S/C21H17N5O/c27-21(23-15-16-7-3-1-4-8-16)19-20(17-11-13-22-14-12-17)26(25-24-19)18-9-5-2-6-10-18/h1-14H,15H2,(H,23,27). The van der Waals surface area contributed by atoms with Gasteiger partial charge in [0.05, 0.1) is 5.69 Å². The summed E-state index contributed by atoms with van der Waals surface area (Å²) in [6.45, 7) is 0.424. The van der Waals surface area contributed by atoms with E-state index in [0.29, 0.717) is 12.2 Å². The SMILES string of the molecule is O=C(NCc1ccccc1)c1nnn(-c2ccccc2)c1-c1ccncc1. The second-order valence-corrected chi connectivity index (χ2v) is 5.94. The molecular formula is C21H17N5O. The maximum atomic E-state index is 12.8. The first kappa shape index (κ1) is 16.7. The van der Waals surface area contributed by atoms with Gasteiger partial charge in [0.25, 0.3) is 5.91 Å². The summed E-state index contributed by atoms with van der Waals surface area (Å²) in [6, 6.07) is 23.0. The Morgan fingerprint density at radius 2 is 1.56 bits per heavy atom. The molecule has 6 heteroatoms. The molecule has 4 rings (SSSR count). The third-order valence-electron chi connectivity index (χ3n) is 4.14. The summed E-state index contributed by atoms with van der Waals surface area (Å²) < 4.78 is 1.67. The van der Waals surface area contributed by atoms with E-state index in [2.05, 4.69) is 20.6 Å². The van der Waals surface area contributed by atoms with Crippen LogP contribution in [-0.4, -0.2) is 25.9 Å². The Hall–Kier alpha value is -3.80. The summed E-state index contributed by atoms with van der Waals surface area (Å²) >= 11 is 0. The van der Waals surface area contributed by atoms with Gasteiger partial charge < -0.3 is 5.32 Å². The van der Waals surface area contributed by atoms with Crippen LogP contribution >= 0.6 is 0 Å². The van der Waals surface area contributed by atoms with Gasteiger partial charge in [-0.05, 0) is 29.8 Å². The van der Waals surface area contributed by atoms with Crippen molar-refractivity contribution in [2.24, 2.45) is 0 Å². The predicted octanol–water partition coefficient (Wildman–Crippen LogP) is 3.26. The van der Waals surface area contributed by atoms with Crippen LogP contribution in [0.25, 0.3) is 16.9 Å². The van der Waals surface area contributed by atoms with E-state index in [1.54, 1.807) is 17.1 Å². The van der Waals surface area contributed by atoms with E-state index in [-0.39, 0.29) is 11.6 Å². The Morgan fingerprint density at radius 3 is 2.26 bits per heavy atom. The van der Waals surface area contributed by atoms with Crippen LogP contribution < -0.4 is 5.32 Å². The lowest BCUT2D eigenvalue weighted by Crippen LogP contribution is -2.24. The van der Waals surface area contributed by atoms with Gasteiger partial charge in [0, 0.05) is 24.5 Å². The van der Waals surface area contributed by atoms with E-state index in [1.165, 1.54) is 0 Å². The van der Waals surface area contributed by atoms with Gasteiger partial charge in [0.1, 0.15) is 5.69 Å². The Labute approximate surface area is 156 Å². The van der Waals surface area contributed by atoms with E-state index >= 15 is 0 Å². The second-order valence-electron chi connectivity index (χ2n) is 5.94. The maximum Gasteiger partial charge on any atom is 0.274 e. The number of aromatic nitrogens is 4. The monoisotopic (exact) mass is 355 g/mol. The number of para-hydroxylation sites is 1. The molecule has 0 spiro atoms. The van der Waals surface area contributed by atoms with E-state index in [9.17, 15) is 4.79 Å². The molecule has 2 heterocycles. The predicted molar refractivity (Wildman–Crippen MR) is 102 cm³/mol. The van der Waals surface area contributed by atoms with Crippen molar-refractivity contribution in [2.45, 2.75) is 6.54 Å². The topological polar surface area (TPSA) is 72.7 Å². The average molecular weight is 355 g/mol. The number of amides is 1. The summed E-state index contributed by atoms with van der Waals surface area (Å²) in [4.78, 5) is 16.9. The van der Waals surface area contributed by atoms with Gasteiger partial charge in [-0.3, -0.25) is 9.78 Å². The minimum Gasteiger partial charge on any atom is -0.346 e. The van der Waals surface area contributed by atoms with E-state index in [1.807, 2.05) is 72.8 Å². The molecular weight excluding hydrogens is 338 g/mol. The molecule has 0 aliphatic carbocycles. The fourth-order valence-corrected chi connectivity index (χ4v) is 2.82. The van der Waals surface area contributed by atoms with Crippen LogP contribution in [-0.2, 0) is 6.54 Å². The highest BCUT2D eigenvalue weighted by Crippen LogP contribution is 2.24. The minimum absolute atomic E-state index is 0.271. The normalized spacial score (nSPS) is 10.5. The summed E-state index contributed by atoms with van der Waals surface area (Å²) in [7, 11) is 0. The average Bonchev–Trinajstić information content (AvgIpc) is 3.19. The van der Waals surface area contributed by atoms with Gasteiger partial charge in [-0.1, -0.05) is 53.7 Å². The molecule has 0 aliphatic rings. The molecule has 27 heavy (non-hydrogen) atoms. The van der Waals surface area contributed by atoms with E-state index < -0.39 is 0 Å². The zero-order valence-electron chi connectivity index (χ0n) is 14.5. The lowest BCUT2D eigenvalue weighted by molar-refractivity contribution is 0.0946. The van der Waals surface area contributed by atoms with Crippen molar-refractivity contribution in [1.82, 2.24) is 25.3 Å². The summed E-state index contributed by atoms with van der Waals surface area (Å²) in [5.41, 5.74) is 3.59. The third kappa shape index (κ3) is 3.59. The number of carbonyl (C=O) groups is 1. The molecule has 0 unspecified atom stereocenters. The summed E-state index contributed by atoms with van der Waals surface area (Å²) in [5.74, 6) is -0.271. The molecule has 0 saturated heterocycles. The van der Waals surface area contributed by atoms with Gasteiger partial charge in [-0.25, -0.2) is 4.68 Å². The molecule has 4 aromatic rings. The molecule has 0 saturated carbocycles.